The van der Waals surface area contributed by atoms with Gasteiger partial charge in [0.1, 0.15) is 0 Å². The lowest BCUT2D eigenvalue weighted by molar-refractivity contribution is 0.298. The van der Waals surface area contributed by atoms with Gasteiger partial charge in [0.05, 0.1) is 12.9 Å². The van der Waals surface area contributed by atoms with Crippen molar-refractivity contribution in [2.75, 3.05) is 6.61 Å². The van der Waals surface area contributed by atoms with Crippen molar-refractivity contribution in [1.82, 2.24) is 0 Å². The number of rotatable bonds is 2. The van der Waals surface area contributed by atoms with E-state index in [0.29, 0.717) is 5.92 Å². The Labute approximate surface area is 73.2 Å². The van der Waals surface area contributed by atoms with E-state index in [1.807, 2.05) is 0 Å². The number of hydrogen-bond donors (Lipinski definition) is 2. The second kappa shape index (κ2) is 4.31. The second-order valence-electron chi connectivity index (χ2n) is 3.38. The maximum absolute atomic E-state index is 8.90. The number of hydrogen-bond acceptors (Lipinski definition) is 2. The van der Waals surface area contributed by atoms with E-state index < -0.39 is 0 Å². The van der Waals surface area contributed by atoms with Gasteiger partial charge < -0.3 is 10.2 Å². The summed E-state index contributed by atoms with van der Waals surface area (Å²) in [5, 5.41) is 17.7. The van der Waals surface area contributed by atoms with E-state index in [1.54, 1.807) is 0 Å². The molecule has 0 aliphatic heterocycles. The summed E-state index contributed by atoms with van der Waals surface area (Å²) in [5.74, 6) is 0.351. The van der Waals surface area contributed by atoms with Gasteiger partial charge in [-0.2, -0.15) is 0 Å². The normalized spacial score (nSPS) is 25.3. The van der Waals surface area contributed by atoms with Crippen molar-refractivity contribution >= 4 is 0 Å². The summed E-state index contributed by atoms with van der Waals surface area (Å²) < 4.78 is 0. The molecule has 0 fully saturated rings. The Hall–Kier alpha value is -0.760. The standard InChI is InChI=1S/C10H16O2/c1-8-2-4-9(5-3-8)10(6-11)7-12/h2,6,9,11-12H,3-5,7H2,1H3/b10-6-. The summed E-state index contributed by atoms with van der Waals surface area (Å²) in [6.45, 7) is 2.10. The first-order valence-corrected chi connectivity index (χ1v) is 4.37. The topological polar surface area (TPSA) is 40.5 Å². The van der Waals surface area contributed by atoms with Crippen molar-refractivity contribution in [2.45, 2.75) is 26.2 Å². The Morgan fingerprint density at radius 3 is 2.92 bits per heavy atom. The van der Waals surface area contributed by atoms with Crippen LogP contribution in [-0.4, -0.2) is 16.8 Å². The van der Waals surface area contributed by atoms with E-state index in [2.05, 4.69) is 13.0 Å². The van der Waals surface area contributed by atoms with Crippen LogP contribution < -0.4 is 0 Å². The minimum Gasteiger partial charge on any atom is -0.516 e. The molecular formula is C10H16O2. The van der Waals surface area contributed by atoms with Crippen molar-refractivity contribution in [3.8, 4) is 0 Å². The number of aliphatic hydroxyl groups excluding tert-OH is 2. The van der Waals surface area contributed by atoms with Gasteiger partial charge in [-0.1, -0.05) is 11.6 Å². The molecule has 2 N–H and O–H groups in total. The Kier molecular flexibility index (Phi) is 3.35. The van der Waals surface area contributed by atoms with Gasteiger partial charge in [-0.05, 0) is 37.7 Å². The lowest BCUT2D eigenvalue weighted by atomic mass is 9.85. The lowest BCUT2D eigenvalue weighted by Gasteiger charge is -2.21. The molecule has 1 atom stereocenters. The number of allylic oxidation sites excluding steroid dienone is 2. The van der Waals surface area contributed by atoms with E-state index in [9.17, 15) is 0 Å². The molecule has 2 nitrogen and oxygen atoms in total. The van der Waals surface area contributed by atoms with Gasteiger partial charge >= 0.3 is 0 Å². The fraction of sp³-hybridized carbons (Fsp3) is 0.600. The highest BCUT2D eigenvalue weighted by molar-refractivity contribution is 5.12. The monoisotopic (exact) mass is 168 g/mol. The smallest absolute Gasteiger partial charge is 0.0809 e. The average molecular weight is 168 g/mol. The van der Waals surface area contributed by atoms with Crippen molar-refractivity contribution in [3.63, 3.8) is 0 Å². The molecule has 0 aromatic heterocycles. The number of aliphatic hydroxyl groups is 2. The highest BCUT2D eigenvalue weighted by Gasteiger charge is 2.16. The third-order valence-corrected chi connectivity index (χ3v) is 2.51. The summed E-state index contributed by atoms with van der Waals surface area (Å²) in [6, 6.07) is 0. The zero-order chi connectivity index (χ0) is 8.97. The molecule has 1 aliphatic carbocycles. The molecule has 1 rings (SSSR count). The maximum Gasteiger partial charge on any atom is 0.0809 e. The van der Waals surface area contributed by atoms with Crippen LogP contribution in [0.2, 0.25) is 0 Å². The van der Waals surface area contributed by atoms with Gasteiger partial charge in [0.25, 0.3) is 0 Å². The third-order valence-electron chi connectivity index (χ3n) is 2.51. The molecular weight excluding hydrogens is 152 g/mol. The zero-order valence-electron chi connectivity index (χ0n) is 7.45. The van der Waals surface area contributed by atoms with Crippen LogP contribution in [0.3, 0.4) is 0 Å². The summed E-state index contributed by atoms with van der Waals surface area (Å²) in [4.78, 5) is 0. The first-order valence-electron chi connectivity index (χ1n) is 4.37. The minimum absolute atomic E-state index is 0.0198. The molecule has 0 heterocycles. The van der Waals surface area contributed by atoms with Gasteiger partial charge in [-0.15, -0.1) is 0 Å². The molecule has 0 spiro atoms. The van der Waals surface area contributed by atoms with Gasteiger partial charge in [-0.25, -0.2) is 0 Å². The van der Waals surface area contributed by atoms with Crippen LogP contribution in [0, 0.1) is 5.92 Å². The quantitative estimate of drug-likeness (QED) is 0.490. The average Bonchev–Trinajstić information content (AvgIpc) is 2.10. The summed E-state index contributed by atoms with van der Waals surface area (Å²) in [5.41, 5.74) is 2.18. The van der Waals surface area contributed by atoms with Crippen LogP contribution in [0.15, 0.2) is 23.5 Å². The molecule has 0 bridgehead atoms. The fourth-order valence-corrected chi connectivity index (χ4v) is 1.58. The largest absolute Gasteiger partial charge is 0.516 e. The van der Waals surface area contributed by atoms with Crippen LogP contribution in [0.25, 0.3) is 0 Å². The molecule has 68 valence electrons. The second-order valence-corrected chi connectivity index (χ2v) is 3.38. The first-order chi connectivity index (χ1) is 5.77. The van der Waals surface area contributed by atoms with Gasteiger partial charge in [0, 0.05) is 0 Å². The minimum atomic E-state index is -0.0198. The highest BCUT2D eigenvalue weighted by Crippen LogP contribution is 2.28. The van der Waals surface area contributed by atoms with E-state index in [0.717, 1.165) is 31.1 Å². The van der Waals surface area contributed by atoms with Gasteiger partial charge in [0.15, 0.2) is 0 Å². The third kappa shape index (κ3) is 2.11. The molecule has 0 saturated carbocycles. The predicted molar refractivity (Wildman–Crippen MR) is 48.9 cm³/mol. The Bertz CT molecular complexity index is 204. The van der Waals surface area contributed by atoms with Crippen molar-refractivity contribution in [2.24, 2.45) is 5.92 Å². The zero-order valence-corrected chi connectivity index (χ0v) is 7.45. The molecule has 1 unspecified atom stereocenters. The summed E-state index contributed by atoms with van der Waals surface area (Å²) >= 11 is 0. The Balaban J connectivity index is 2.56. The van der Waals surface area contributed by atoms with Crippen LogP contribution in [0.1, 0.15) is 26.2 Å². The predicted octanol–water partition coefficient (Wildman–Crippen LogP) is 2.17. The maximum atomic E-state index is 8.90. The van der Waals surface area contributed by atoms with Crippen molar-refractivity contribution < 1.29 is 10.2 Å². The van der Waals surface area contributed by atoms with Crippen LogP contribution >= 0.6 is 0 Å². The summed E-state index contributed by atoms with van der Waals surface area (Å²) in [6.07, 6.45) is 6.34. The van der Waals surface area contributed by atoms with Gasteiger partial charge in [-0.3, -0.25) is 0 Å². The van der Waals surface area contributed by atoms with Gasteiger partial charge in [0.2, 0.25) is 0 Å². The lowest BCUT2D eigenvalue weighted by Crippen LogP contribution is -2.10. The molecule has 1 aliphatic rings. The van der Waals surface area contributed by atoms with E-state index in [-0.39, 0.29) is 6.61 Å². The van der Waals surface area contributed by atoms with E-state index >= 15 is 0 Å². The SMILES string of the molecule is CC1=CCC(/C(=C\O)CO)CC1. The summed E-state index contributed by atoms with van der Waals surface area (Å²) in [7, 11) is 0. The fourth-order valence-electron chi connectivity index (χ4n) is 1.58. The van der Waals surface area contributed by atoms with E-state index in [4.69, 9.17) is 10.2 Å². The molecule has 0 aromatic carbocycles. The molecule has 0 saturated heterocycles. The molecule has 12 heavy (non-hydrogen) atoms. The van der Waals surface area contributed by atoms with Crippen LogP contribution in [-0.2, 0) is 0 Å². The molecule has 0 aromatic rings. The highest BCUT2D eigenvalue weighted by atomic mass is 16.3. The van der Waals surface area contributed by atoms with Crippen LogP contribution in [0.4, 0.5) is 0 Å². The first kappa shape index (κ1) is 9.33. The molecule has 0 radical (unpaired) electrons. The Morgan fingerprint density at radius 1 is 1.75 bits per heavy atom. The molecule has 0 amide bonds. The Morgan fingerprint density at radius 2 is 2.50 bits per heavy atom. The van der Waals surface area contributed by atoms with Crippen molar-refractivity contribution in [1.29, 1.82) is 0 Å². The van der Waals surface area contributed by atoms with E-state index in [1.165, 1.54) is 5.57 Å². The van der Waals surface area contributed by atoms with Crippen LogP contribution in [0.5, 0.6) is 0 Å². The molecule has 2 heteroatoms. The van der Waals surface area contributed by atoms with Crippen molar-refractivity contribution in [3.05, 3.63) is 23.5 Å².